The molecule has 0 bridgehead atoms. The number of nitrogens with one attached hydrogen (secondary N) is 1. The summed E-state index contributed by atoms with van der Waals surface area (Å²) in [7, 11) is 2.11. The highest BCUT2D eigenvalue weighted by atomic mass is 35.5. The van der Waals surface area contributed by atoms with Gasteiger partial charge in [0.25, 0.3) is 0 Å². The van der Waals surface area contributed by atoms with Crippen LogP contribution in [0.1, 0.15) is 36.8 Å². The highest BCUT2D eigenvalue weighted by Crippen LogP contribution is 2.29. The fraction of sp³-hybridized carbons (Fsp3) is 0.348. The van der Waals surface area contributed by atoms with Crippen molar-refractivity contribution >= 4 is 45.5 Å². The molecule has 1 aliphatic rings. The quantitative estimate of drug-likeness (QED) is 0.510. The van der Waals surface area contributed by atoms with Gasteiger partial charge in [0.05, 0.1) is 0 Å². The molecule has 3 aromatic rings. The molecule has 4 rings (SSSR count). The number of fused-ring (bicyclic) bond motifs is 1. The lowest BCUT2D eigenvalue weighted by atomic mass is 10.1. The van der Waals surface area contributed by atoms with Crippen LogP contribution in [-0.2, 0) is 13.6 Å². The molecular weight excluding hydrogens is 386 g/mol. The van der Waals surface area contributed by atoms with Gasteiger partial charge >= 0.3 is 0 Å². The second kappa shape index (κ2) is 8.14. The van der Waals surface area contributed by atoms with Crippen LogP contribution in [0.25, 0.3) is 10.9 Å². The molecule has 1 aromatic heterocycles. The zero-order chi connectivity index (χ0) is 19.7. The molecule has 0 radical (unpaired) electrons. The molecule has 0 amide bonds. The largest absolute Gasteiger partial charge is 0.350 e. The fourth-order valence-corrected chi connectivity index (χ4v) is 4.70. The van der Waals surface area contributed by atoms with Crippen molar-refractivity contribution in [2.75, 3.05) is 5.32 Å². The average molecular weight is 412 g/mol. The number of thiocarbonyl (C=S) groups is 1. The van der Waals surface area contributed by atoms with E-state index in [4.69, 9.17) is 23.8 Å². The Morgan fingerprint density at radius 2 is 1.96 bits per heavy atom. The van der Waals surface area contributed by atoms with Crippen LogP contribution in [-0.4, -0.2) is 20.6 Å². The van der Waals surface area contributed by atoms with E-state index in [1.165, 1.54) is 42.1 Å². The number of para-hydroxylation sites is 1. The van der Waals surface area contributed by atoms with Gasteiger partial charge in [0.1, 0.15) is 0 Å². The normalized spacial score (nSPS) is 14.5. The lowest BCUT2D eigenvalue weighted by Gasteiger charge is -2.31. The van der Waals surface area contributed by atoms with Crippen LogP contribution >= 0.6 is 23.8 Å². The Morgan fingerprint density at radius 3 is 2.71 bits per heavy atom. The predicted octanol–water partition coefficient (Wildman–Crippen LogP) is 6.28. The van der Waals surface area contributed by atoms with Crippen LogP contribution in [0.5, 0.6) is 0 Å². The topological polar surface area (TPSA) is 20.2 Å². The molecule has 28 heavy (non-hydrogen) atoms. The van der Waals surface area contributed by atoms with E-state index in [-0.39, 0.29) is 0 Å². The van der Waals surface area contributed by atoms with Crippen molar-refractivity contribution < 1.29 is 0 Å². The SMILES string of the molecule is Cc1ccc(NC(=S)N(Cc2cn(C)c3ccccc23)C2CCCC2)cc1Cl. The van der Waals surface area contributed by atoms with Gasteiger partial charge in [-0.05, 0) is 61.3 Å². The highest BCUT2D eigenvalue weighted by Gasteiger charge is 2.26. The molecule has 146 valence electrons. The summed E-state index contributed by atoms with van der Waals surface area (Å²) in [6.07, 6.45) is 7.17. The van der Waals surface area contributed by atoms with Crippen molar-refractivity contribution in [2.45, 2.75) is 45.2 Å². The van der Waals surface area contributed by atoms with Gasteiger partial charge in [0.2, 0.25) is 0 Å². The van der Waals surface area contributed by atoms with Crippen LogP contribution in [0, 0.1) is 6.92 Å². The molecule has 1 heterocycles. The maximum Gasteiger partial charge on any atom is 0.173 e. The number of rotatable bonds is 4. The van der Waals surface area contributed by atoms with Gasteiger partial charge in [0, 0.05) is 47.4 Å². The molecule has 0 saturated heterocycles. The summed E-state index contributed by atoms with van der Waals surface area (Å²) in [5.41, 5.74) is 4.59. The maximum absolute atomic E-state index is 6.30. The van der Waals surface area contributed by atoms with Crippen LogP contribution in [0.3, 0.4) is 0 Å². The minimum Gasteiger partial charge on any atom is -0.350 e. The van der Waals surface area contributed by atoms with Crippen molar-refractivity contribution in [1.82, 2.24) is 9.47 Å². The summed E-state index contributed by atoms with van der Waals surface area (Å²) in [6, 6.07) is 15.1. The third-order valence-corrected chi connectivity index (χ3v) is 6.51. The summed E-state index contributed by atoms with van der Waals surface area (Å²) >= 11 is 12.2. The molecule has 0 unspecified atom stereocenters. The van der Waals surface area contributed by atoms with E-state index in [1.54, 1.807) is 0 Å². The van der Waals surface area contributed by atoms with Gasteiger partial charge in [0.15, 0.2) is 5.11 Å². The zero-order valence-electron chi connectivity index (χ0n) is 16.4. The molecule has 1 N–H and O–H groups in total. The molecular formula is C23H26ClN3S. The van der Waals surface area contributed by atoms with Crippen molar-refractivity contribution in [3.05, 3.63) is 64.8 Å². The lowest BCUT2D eigenvalue weighted by Crippen LogP contribution is -2.40. The van der Waals surface area contributed by atoms with Crippen LogP contribution in [0.15, 0.2) is 48.7 Å². The van der Waals surface area contributed by atoms with Gasteiger partial charge in [-0.15, -0.1) is 0 Å². The Labute approximate surface area is 177 Å². The maximum atomic E-state index is 6.30. The average Bonchev–Trinajstić information content (AvgIpc) is 3.32. The third-order valence-electron chi connectivity index (χ3n) is 5.77. The van der Waals surface area contributed by atoms with Gasteiger partial charge in [-0.1, -0.05) is 48.7 Å². The summed E-state index contributed by atoms with van der Waals surface area (Å²) in [5.74, 6) is 0. The lowest BCUT2D eigenvalue weighted by molar-refractivity contribution is 0.313. The van der Waals surface area contributed by atoms with Gasteiger partial charge in [-0.3, -0.25) is 0 Å². The summed E-state index contributed by atoms with van der Waals surface area (Å²) in [6.45, 7) is 2.83. The summed E-state index contributed by atoms with van der Waals surface area (Å²) in [5, 5.41) is 6.26. The predicted molar refractivity (Wildman–Crippen MR) is 123 cm³/mol. The van der Waals surface area contributed by atoms with Gasteiger partial charge < -0.3 is 14.8 Å². The van der Waals surface area contributed by atoms with E-state index in [2.05, 4.69) is 52.3 Å². The number of benzene rings is 2. The first-order chi connectivity index (χ1) is 13.5. The van der Waals surface area contributed by atoms with Crippen molar-refractivity contribution in [1.29, 1.82) is 0 Å². The monoisotopic (exact) mass is 411 g/mol. The second-order valence-corrected chi connectivity index (χ2v) is 8.54. The second-order valence-electron chi connectivity index (χ2n) is 7.74. The number of hydrogen-bond donors (Lipinski definition) is 1. The number of nitrogens with zero attached hydrogens (tertiary/aromatic N) is 2. The van der Waals surface area contributed by atoms with E-state index in [0.29, 0.717) is 6.04 Å². The molecule has 0 atom stereocenters. The van der Waals surface area contributed by atoms with Crippen LogP contribution in [0.4, 0.5) is 5.69 Å². The van der Waals surface area contributed by atoms with E-state index >= 15 is 0 Å². The van der Waals surface area contributed by atoms with E-state index in [9.17, 15) is 0 Å². The molecule has 5 heteroatoms. The van der Waals surface area contributed by atoms with Crippen molar-refractivity contribution in [3.8, 4) is 0 Å². The van der Waals surface area contributed by atoms with E-state index in [0.717, 1.165) is 27.9 Å². The summed E-state index contributed by atoms with van der Waals surface area (Å²) < 4.78 is 2.20. The van der Waals surface area contributed by atoms with Crippen LogP contribution in [0.2, 0.25) is 5.02 Å². The Hall–Kier alpha value is -2.04. The molecule has 2 aromatic carbocycles. The van der Waals surface area contributed by atoms with E-state index < -0.39 is 0 Å². The first-order valence-electron chi connectivity index (χ1n) is 9.89. The molecule has 1 aliphatic carbocycles. The highest BCUT2D eigenvalue weighted by molar-refractivity contribution is 7.80. The standard InChI is InChI=1S/C23H26ClN3S/c1-16-11-12-18(13-21(16)24)25-23(28)27(19-7-3-4-8-19)15-17-14-26(2)22-10-6-5-9-20(17)22/h5-6,9-14,19H,3-4,7-8,15H2,1-2H3,(H,25,28). The number of halogens is 1. The first kappa shape index (κ1) is 19.3. The first-order valence-corrected chi connectivity index (χ1v) is 10.7. The number of anilines is 1. The smallest absolute Gasteiger partial charge is 0.173 e. The Bertz CT molecular complexity index is 1000. The van der Waals surface area contributed by atoms with Gasteiger partial charge in [-0.25, -0.2) is 0 Å². The molecule has 0 aliphatic heterocycles. The number of aryl methyl sites for hydroxylation is 2. The third kappa shape index (κ3) is 3.89. The minimum absolute atomic E-state index is 0.486. The number of aromatic nitrogens is 1. The van der Waals surface area contributed by atoms with Crippen LogP contribution < -0.4 is 5.32 Å². The molecule has 0 spiro atoms. The molecule has 1 saturated carbocycles. The molecule has 1 fully saturated rings. The Morgan fingerprint density at radius 1 is 1.21 bits per heavy atom. The van der Waals surface area contributed by atoms with E-state index in [1.807, 2.05) is 25.1 Å². The van der Waals surface area contributed by atoms with Crippen molar-refractivity contribution in [3.63, 3.8) is 0 Å². The number of hydrogen-bond acceptors (Lipinski definition) is 1. The Balaban J connectivity index is 1.61. The molecule has 3 nitrogen and oxygen atoms in total. The summed E-state index contributed by atoms with van der Waals surface area (Å²) in [4.78, 5) is 2.37. The fourth-order valence-electron chi connectivity index (χ4n) is 4.18. The van der Waals surface area contributed by atoms with Crippen molar-refractivity contribution in [2.24, 2.45) is 7.05 Å². The minimum atomic E-state index is 0.486. The van der Waals surface area contributed by atoms with Gasteiger partial charge in [-0.2, -0.15) is 0 Å². The zero-order valence-corrected chi connectivity index (χ0v) is 18.0. The Kier molecular flexibility index (Phi) is 5.61.